The van der Waals surface area contributed by atoms with Crippen molar-refractivity contribution >= 4 is 13.7 Å². The lowest BCUT2D eigenvalue weighted by Gasteiger charge is -2.25. The molecule has 3 N–H and O–H groups in total. The van der Waals surface area contributed by atoms with Gasteiger partial charge in [-0.05, 0) is 44.9 Å². The average Bonchev–Trinajstić information content (AvgIpc) is 2.92. The molecule has 0 fully saturated rings. The van der Waals surface area contributed by atoms with Gasteiger partial charge in [0, 0.05) is 6.42 Å². The number of quaternary nitrogens is 1. The second kappa shape index (κ2) is 26.2. The zero-order chi connectivity index (χ0) is 31.5. The highest BCUT2D eigenvalue weighted by atomic mass is 31.2. The van der Waals surface area contributed by atoms with Crippen LogP contribution in [0.3, 0.4) is 0 Å². The maximum Gasteiger partial charge on any atom is 0.472 e. The van der Waals surface area contributed by atoms with Gasteiger partial charge in [0.05, 0.1) is 39.9 Å². The Morgan fingerprint density at radius 2 is 1.31 bits per heavy atom. The lowest BCUT2D eigenvalue weighted by atomic mass is 10.1. The third-order valence-electron chi connectivity index (χ3n) is 6.84. The van der Waals surface area contributed by atoms with Crippen molar-refractivity contribution in [2.24, 2.45) is 0 Å². The van der Waals surface area contributed by atoms with E-state index in [-0.39, 0.29) is 19.1 Å². The van der Waals surface area contributed by atoms with E-state index < -0.39 is 20.0 Å². The highest BCUT2D eigenvalue weighted by Gasteiger charge is 2.27. The van der Waals surface area contributed by atoms with Crippen LogP contribution in [-0.4, -0.2) is 73.4 Å². The molecule has 0 aliphatic heterocycles. The van der Waals surface area contributed by atoms with Gasteiger partial charge in [0.1, 0.15) is 13.2 Å². The largest absolute Gasteiger partial charge is 0.472 e. The van der Waals surface area contributed by atoms with Crippen molar-refractivity contribution in [3.05, 3.63) is 36.5 Å². The number of unbranched alkanes of at least 4 members (excludes halogenated alkanes) is 11. The first-order valence-corrected chi connectivity index (χ1v) is 17.9. The monoisotopic (exact) mass is 615 g/mol. The van der Waals surface area contributed by atoms with Crippen molar-refractivity contribution in [3.63, 3.8) is 0 Å². The summed E-state index contributed by atoms with van der Waals surface area (Å²) < 4.78 is 23.2. The van der Waals surface area contributed by atoms with Gasteiger partial charge in [-0.25, -0.2) is 4.57 Å². The SMILES string of the molecule is CCCCCCCC/C=C/CC/C=C/CC/C=C/C(O)C(COP(=O)(O)OCC[N+](C)(C)C)NC(=O)CCCCCC. The number of allylic oxidation sites excluding steroid dienone is 5. The first kappa shape index (κ1) is 40.7. The Hall–Kier alpha value is -1.28. The standard InChI is InChI=1S/C33H63N2O6P/c1-6-8-10-12-13-14-15-16-17-18-19-20-21-22-23-24-26-32(36)31(34-33(37)27-25-11-9-7-2)30-41-42(38,39)40-29-28-35(3,4)5/h16-17,20-21,24,26,31-32,36H,6-15,18-19,22-23,25,27-30H2,1-5H3,(H-,34,37,38,39)/p+1/b17-16+,21-20+,26-24+. The summed E-state index contributed by atoms with van der Waals surface area (Å²) in [6.45, 7) is 4.60. The Morgan fingerprint density at radius 3 is 1.90 bits per heavy atom. The van der Waals surface area contributed by atoms with Crippen LogP contribution in [0, 0.1) is 0 Å². The smallest absolute Gasteiger partial charge is 0.387 e. The summed E-state index contributed by atoms with van der Waals surface area (Å²) in [7, 11) is 1.53. The minimum Gasteiger partial charge on any atom is -0.387 e. The molecule has 0 saturated heterocycles. The first-order valence-electron chi connectivity index (χ1n) is 16.4. The second-order valence-electron chi connectivity index (χ2n) is 12.2. The molecule has 0 spiro atoms. The number of hydrogen-bond acceptors (Lipinski definition) is 5. The zero-order valence-electron chi connectivity index (χ0n) is 27.5. The summed E-state index contributed by atoms with van der Waals surface area (Å²) in [6.07, 6.45) is 28.3. The number of phosphoric acid groups is 1. The van der Waals surface area contributed by atoms with Crippen LogP contribution in [0.1, 0.15) is 117 Å². The normalized spacial score (nSPS) is 15.5. The lowest BCUT2D eigenvalue weighted by Crippen LogP contribution is -2.45. The fourth-order valence-corrected chi connectivity index (χ4v) is 4.86. The predicted molar refractivity (Wildman–Crippen MR) is 175 cm³/mol. The molecular formula is C33H64N2O6P+. The number of rotatable bonds is 28. The number of aliphatic hydroxyl groups excluding tert-OH is 1. The summed E-state index contributed by atoms with van der Waals surface area (Å²) in [4.78, 5) is 22.6. The predicted octanol–water partition coefficient (Wildman–Crippen LogP) is 7.62. The number of carbonyl (C=O) groups excluding carboxylic acids is 1. The molecule has 3 unspecified atom stereocenters. The molecule has 1 amide bonds. The van der Waals surface area contributed by atoms with Crippen molar-refractivity contribution < 1.29 is 32.9 Å². The van der Waals surface area contributed by atoms with Crippen LogP contribution < -0.4 is 5.32 Å². The molecule has 0 aromatic carbocycles. The Kier molecular flexibility index (Phi) is 25.4. The molecule has 0 aliphatic rings. The molecule has 0 heterocycles. The van der Waals surface area contributed by atoms with E-state index in [0.29, 0.717) is 17.4 Å². The molecular weight excluding hydrogens is 551 g/mol. The molecule has 8 nitrogen and oxygen atoms in total. The van der Waals surface area contributed by atoms with Crippen LogP contribution in [0.15, 0.2) is 36.5 Å². The summed E-state index contributed by atoms with van der Waals surface area (Å²) in [5.74, 6) is -0.213. The lowest BCUT2D eigenvalue weighted by molar-refractivity contribution is -0.870. The van der Waals surface area contributed by atoms with Crippen molar-refractivity contribution in [2.75, 3.05) is 40.9 Å². The number of likely N-dealkylation sites (N-methyl/N-ethyl adjacent to an activating group) is 1. The van der Waals surface area contributed by atoms with Crippen LogP contribution in [0.5, 0.6) is 0 Å². The number of nitrogens with zero attached hydrogens (tertiary/aromatic N) is 1. The third-order valence-corrected chi connectivity index (χ3v) is 7.82. The fraction of sp³-hybridized carbons (Fsp3) is 0.788. The van der Waals surface area contributed by atoms with Gasteiger partial charge in [-0.3, -0.25) is 13.8 Å². The minimum atomic E-state index is -4.32. The van der Waals surface area contributed by atoms with Gasteiger partial charge < -0.3 is 19.8 Å². The van der Waals surface area contributed by atoms with E-state index in [2.05, 4.69) is 43.5 Å². The summed E-state index contributed by atoms with van der Waals surface area (Å²) in [5.41, 5.74) is 0. The highest BCUT2D eigenvalue weighted by molar-refractivity contribution is 7.47. The van der Waals surface area contributed by atoms with Gasteiger partial charge in [-0.2, -0.15) is 0 Å². The van der Waals surface area contributed by atoms with E-state index >= 15 is 0 Å². The summed E-state index contributed by atoms with van der Waals surface area (Å²) in [6, 6.07) is -0.860. The topological polar surface area (TPSA) is 105 Å². The minimum absolute atomic E-state index is 0.0528. The Labute approximate surface area is 257 Å². The Bertz CT molecular complexity index is 794. The first-order chi connectivity index (χ1) is 20.0. The number of hydrogen-bond donors (Lipinski definition) is 3. The Balaban J connectivity index is 4.56. The molecule has 0 bridgehead atoms. The van der Waals surface area contributed by atoms with Crippen molar-refractivity contribution in [3.8, 4) is 0 Å². The van der Waals surface area contributed by atoms with E-state index in [1.807, 2.05) is 27.2 Å². The molecule has 42 heavy (non-hydrogen) atoms. The quantitative estimate of drug-likeness (QED) is 0.0362. The molecule has 0 rings (SSSR count). The van der Waals surface area contributed by atoms with Crippen molar-refractivity contribution in [1.29, 1.82) is 0 Å². The molecule has 0 aromatic rings. The summed E-state index contributed by atoms with van der Waals surface area (Å²) >= 11 is 0. The Morgan fingerprint density at radius 1 is 0.786 bits per heavy atom. The maximum absolute atomic E-state index is 12.5. The number of phosphoric ester groups is 1. The van der Waals surface area contributed by atoms with Gasteiger partial charge in [-0.15, -0.1) is 0 Å². The van der Waals surface area contributed by atoms with Crippen LogP contribution in [0.25, 0.3) is 0 Å². The average molecular weight is 616 g/mol. The second-order valence-corrected chi connectivity index (χ2v) is 13.6. The van der Waals surface area contributed by atoms with Crippen LogP contribution in [0.2, 0.25) is 0 Å². The summed E-state index contributed by atoms with van der Waals surface area (Å²) in [5, 5.41) is 13.5. The van der Waals surface area contributed by atoms with Gasteiger partial charge in [0.25, 0.3) is 0 Å². The fourth-order valence-electron chi connectivity index (χ4n) is 4.13. The van der Waals surface area contributed by atoms with Gasteiger partial charge in [0.15, 0.2) is 0 Å². The van der Waals surface area contributed by atoms with Crippen molar-refractivity contribution in [1.82, 2.24) is 5.32 Å². The third kappa shape index (κ3) is 27.5. The van der Waals surface area contributed by atoms with E-state index in [1.54, 1.807) is 6.08 Å². The van der Waals surface area contributed by atoms with Crippen LogP contribution in [-0.2, 0) is 18.4 Å². The van der Waals surface area contributed by atoms with E-state index in [9.17, 15) is 19.4 Å². The molecule has 9 heteroatoms. The van der Waals surface area contributed by atoms with Crippen LogP contribution >= 0.6 is 7.82 Å². The number of amides is 1. The van der Waals surface area contributed by atoms with Gasteiger partial charge >= 0.3 is 7.82 Å². The van der Waals surface area contributed by atoms with E-state index in [1.165, 1.54) is 44.9 Å². The molecule has 3 atom stereocenters. The molecule has 0 aromatic heterocycles. The maximum atomic E-state index is 12.5. The van der Waals surface area contributed by atoms with Crippen LogP contribution in [0.4, 0.5) is 0 Å². The molecule has 0 aliphatic carbocycles. The number of carbonyl (C=O) groups is 1. The molecule has 0 saturated carbocycles. The van der Waals surface area contributed by atoms with Gasteiger partial charge in [-0.1, -0.05) is 102 Å². The molecule has 0 radical (unpaired) electrons. The zero-order valence-corrected chi connectivity index (χ0v) is 28.4. The molecule has 246 valence electrons. The van der Waals surface area contributed by atoms with E-state index in [4.69, 9.17) is 9.05 Å². The highest BCUT2D eigenvalue weighted by Crippen LogP contribution is 2.43. The van der Waals surface area contributed by atoms with Gasteiger partial charge in [0.2, 0.25) is 5.91 Å². The van der Waals surface area contributed by atoms with Crippen molar-refractivity contribution in [2.45, 2.75) is 129 Å². The van der Waals surface area contributed by atoms with E-state index in [0.717, 1.165) is 51.4 Å². The number of aliphatic hydroxyl groups is 1. The number of nitrogens with one attached hydrogen (secondary N) is 1.